The number of rotatable bonds is 54. The second-order valence-corrected chi connectivity index (χ2v) is 22.1. The predicted octanol–water partition coefficient (Wildman–Crippen LogP) is 15.6. The van der Waals surface area contributed by atoms with Gasteiger partial charge in [-0.05, 0) is 70.6 Å². The Labute approximate surface area is 477 Å². The standard InChI is InChI=1S/C67H119NO10/c1-4-7-10-13-16-19-22-25-27-29-30-31-33-34-36-39-42-45-48-51-54-60(71)66(75)68-58(59(70)53-50-47-44-41-38-24-21-18-15-12-9-6-3)57-76-67-65(64(74)63(73)61(56-69)77-67)78-62(72)55-52-49-46-43-40-37-35-32-28-26-23-20-17-14-11-8-5-2/h7,10,16,19,25,27,30-31,34,36,50,53,58-61,63-65,67,69-71,73-74H,4-6,8-9,11-15,17-18,20-24,26,28-29,32-33,35,37-49,51-52,54-57H2,1-3H3,(H,68,75)/b10-7-,19-16-,27-25-,31-30-,36-34-,53-50+. The van der Waals surface area contributed by atoms with E-state index in [0.29, 0.717) is 12.8 Å². The van der Waals surface area contributed by atoms with E-state index in [1.807, 2.05) is 6.08 Å². The normalized spacial score (nSPS) is 19.4. The van der Waals surface area contributed by atoms with Crippen LogP contribution in [0.15, 0.2) is 72.9 Å². The number of amides is 1. The van der Waals surface area contributed by atoms with E-state index < -0.39 is 67.4 Å². The van der Waals surface area contributed by atoms with Crippen LogP contribution in [0.2, 0.25) is 0 Å². The molecule has 1 amide bonds. The quantitative estimate of drug-likeness (QED) is 0.0195. The third kappa shape index (κ3) is 42.0. The molecule has 1 heterocycles. The molecule has 0 bridgehead atoms. The summed E-state index contributed by atoms with van der Waals surface area (Å²) in [5, 5.41) is 57.0. The fourth-order valence-corrected chi connectivity index (χ4v) is 9.80. The van der Waals surface area contributed by atoms with E-state index in [1.165, 1.54) is 135 Å². The molecule has 0 radical (unpaired) electrons. The third-order valence-electron chi connectivity index (χ3n) is 14.9. The van der Waals surface area contributed by atoms with E-state index in [-0.39, 0.29) is 19.4 Å². The number of ether oxygens (including phenoxy) is 3. The van der Waals surface area contributed by atoms with Crippen LogP contribution in [0.4, 0.5) is 0 Å². The van der Waals surface area contributed by atoms with Crippen LogP contribution >= 0.6 is 0 Å². The van der Waals surface area contributed by atoms with Gasteiger partial charge >= 0.3 is 5.97 Å². The number of esters is 1. The van der Waals surface area contributed by atoms with Crippen molar-refractivity contribution in [1.82, 2.24) is 5.32 Å². The average molecular weight is 1100 g/mol. The Kier molecular flexibility index (Phi) is 51.3. The van der Waals surface area contributed by atoms with Crippen LogP contribution < -0.4 is 5.32 Å². The van der Waals surface area contributed by atoms with E-state index >= 15 is 0 Å². The van der Waals surface area contributed by atoms with Crippen LogP contribution in [0.3, 0.4) is 0 Å². The van der Waals surface area contributed by atoms with Gasteiger partial charge in [-0.15, -0.1) is 0 Å². The summed E-state index contributed by atoms with van der Waals surface area (Å²) in [6.07, 6.45) is 59.3. The van der Waals surface area contributed by atoms with Crippen molar-refractivity contribution in [1.29, 1.82) is 0 Å². The van der Waals surface area contributed by atoms with Crippen LogP contribution in [0, 0.1) is 0 Å². The SMILES string of the molecule is CC/C=C\C/C=C\C/C=C\C/C=C\C/C=C\CCCCCCC(O)C(=O)NC(COC1OC(CO)C(O)C(O)C1OC(=O)CCCCCCCCCCCCCCCCCCC)C(O)/C=C/CCCCCCCCCCCC. The number of hydrogen-bond acceptors (Lipinski definition) is 10. The van der Waals surface area contributed by atoms with Crippen molar-refractivity contribution in [2.45, 2.75) is 327 Å². The molecule has 0 saturated carbocycles. The lowest BCUT2D eigenvalue weighted by molar-refractivity contribution is -0.305. The van der Waals surface area contributed by atoms with Gasteiger partial charge in [0.05, 0.1) is 25.4 Å². The summed E-state index contributed by atoms with van der Waals surface area (Å²) in [6.45, 7) is 5.68. The first-order valence-electron chi connectivity index (χ1n) is 32.2. The number of aliphatic hydroxyl groups is 5. The second kappa shape index (κ2) is 54.7. The monoisotopic (exact) mass is 1100 g/mol. The molecule has 11 heteroatoms. The molecule has 0 aromatic rings. The minimum absolute atomic E-state index is 0.123. The summed E-state index contributed by atoms with van der Waals surface area (Å²) >= 11 is 0. The zero-order chi connectivity index (χ0) is 56.8. The topological polar surface area (TPSA) is 175 Å². The highest BCUT2D eigenvalue weighted by molar-refractivity contribution is 5.80. The maximum absolute atomic E-state index is 13.4. The van der Waals surface area contributed by atoms with Crippen LogP contribution in [0.5, 0.6) is 0 Å². The highest BCUT2D eigenvalue weighted by atomic mass is 16.7. The molecular formula is C67H119NO10. The zero-order valence-corrected chi connectivity index (χ0v) is 50.0. The van der Waals surface area contributed by atoms with Crippen molar-refractivity contribution in [3.8, 4) is 0 Å². The molecule has 78 heavy (non-hydrogen) atoms. The van der Waals surface area contributed by atoms with Gasteiger partial charge < -0.3 is 45.1 Å². The van der Waals surface area contributed by atoms with Gasteiger partial charge in [0.1, 0.15) is 24.4 Å². The molecule has 0 aromatic carbocycles. The molecular weight excluding hydrogens is 979 g/mol. The summed E-state index contributed by atoms with van der Waals surface area (Å²) in [5.41, 5.74) is 0. The van der Waals surface area contributed by atoms with Crippen LogP contribution in [0.25, 0.3) is 0 Å². The molecule has 1 saturated heterocycles. The molecule has 8 unspecified atom stereocenters. The molecule has 11 nitrogen and oxygen atoms in total. The molecule has 1 fully saturated rings. The maximum atomic E-state index is 13.4. The molecule has 1 rings (SSSR count). The number of allylic oxidation sites excluding steroid dienone is 11. The molecule has 1 aliphatic rings. The third-order valence-corrected chi connectivity index (χ3v) is 14.9. The summed E-state index contributed by atoms with van der Waals surface area (Å²) < 4.78 is 17.6. The summed E-state index contributed by atoms with van der Waals surface area (Å²) in [6, 6.07) is -1.04. The number of nitrogens with one attached hydrogen (secondary N) is 1. The maximum Gasteiger partial charge on any atom is 0.306 e. The zero-order valence-electron chi connectivity index (χ0n) is 50.0. The Hall–Kier alpha value is -2.90. The molecule has 8 atom stereocenters. The van der Waals surface area contributed by atoms with Gasteiger partial charge in [-0.3, -0.25) is 9.59 Å². The molecule has 1 aliphatic heterocycles. The Morgan fingerprint density at radius 2 is 0.923 bits per heavy atom. The number of aliphatic hydroxyl groups excluding tert-OH is 5. The lowest BCUT2D eigenvalue weighted by Gasteiger charge is -2.41. The summed E-state index contributed by atoms with van der Waals surface area (Å²) in [7, 11) is 0. The first kappa shape index (κ1) is 73.1. The van der Waals surface area contributed by atoms with Gasteiger partial charge in [0.2, 0.25) is 5.91 Å². The summed E-state index contributed by atoms with van der Waals surface area (Å²) in [4.78, 5) is 26.6. The molecule has 0 aromatic heterocycles. The van der Waals surface area contributed by atoms with Crippen molar-refractivity contribution >= 4 is 11.9 Å². The Morgan fingerprint density at radius 3 is 1.38 bits per heavy atom. The van der Waals surface area contributed by atoms with Gasteiger partial charge in [-0.25, -0.2) is 0 Å². The Balaban J connectivity index is 2.68. The van der Waals surface area contributed by atoms with Gasteiger partial charge in [0, 0.05) is 6.42 Å². The molecule has 6 N–H and O–H groups in total. The fraction of sp³-hybridized carbons (Fsp3) is 0.791. The highest BCUT2D eigenvalue weighted by Crippen LogP contribution is 2.26. The number of unbranched alkanes of at least 4 members (excludes halogenated alkanes) is 30. The number of hydrogen-bond donors (Lipinski definition) is 6. The first-order chi connectivity index (χ1) is 38.2. The van der Waals surface area contributed by atoms with Crippen LogP contribution in [-0.4, -0.2) is 99.6 Å². The second-order valence-electron chi connectivity index (χ2n) is 22.1. The van der Waals surface area contributed by atoms with Crippen molar-refractivity contribution in [3.05, 3.63) is 72.9 Å². The van der Waals surface area contributed by atoms with E-state index in [2.05, 4.69) is 86.8 Å². The molecule has 0 aliphatic carbocycles. The Morgan fingerprint density at radius 1 is 0.513 bits per heavy atom. The van der Waals surface area contributed by atoms with Gasteiger partial charge in [-0.2, -0.15) is 0 Å². The van der Waals surface area contributed by atoms with Crippen molar-refractivity contribution in [3.63, 3.8) is 0 Å². The lowest BCUT2D eigenvalue weighted by Crippen LogP contribution is -2.61. The fourth-order valence-electron chi connectivity index (χ4n) is 9.80. The van der Waals surface area contributed by atoms with Gasteiger partial charge in [0.15, 0.2) is 12.4 Å². The van der Waals surface area contributed by atoms with Crippen LogP contribution in [-0.2, 0) is 23.8 Å². The van der Waals surface area contributed by atoms with E-state index in [4.69, 9.17) is 14.2 Å². The predicted molar refractivity (Wildman–Crippen MR) is 324 cm³/mol. The minimum Gasteiger partial charge on any atom is -0.454 e. The largest absolute Gasteiger partial charge is 0.454 e. The first-order valence-corrected chi connectivity index (χ1v) is 32.2. The summed E-state index contributed by atoms with van der Waals surface area (Å²) in [5.74, 6) is -1.21. The van der Waals surface area contributed by atoms with E-state index in [9.17, 15) is 35.1 Å². The Bertz CT molecular complexity index is 1540. The smallest absolute Gasteiger partial charge is 0.306 e. The van der Waals surface area contributed by atoms with Crippen molar-refractivity contribution < 1.29 is 49.3 Å². The number of carbonyl (C=O) groups excluding carboxylic acids is 2. The van der Waals surface area contributed by atoms with Gasteiger partial charge in [-0.1, -0.05) is 273 Å². The molecule has 0 spiro atoms. The average Bonchev–Trinajstić information content (AvgIpc) is 3.44. The minimum atomic E-state index is -1.62. The highest BCUT2D eigenvalue weighted by Gasteiger charge is 2.47. The van der Waals surface area contributed by atoms with E-state index in [0.717, 1.165) is 96.3 Å². The van der Waals surface area contributed by atoms with E-state index in [1.54, 1.807) is 6.08 Å². The number of carbonyl (C=O) groups is 2. The van der Waals surface area contributed by atoms with Crippen molar-refractivity contribution in [2.24, 2.45) is 0 Å². The van der Waals surface area contributed by atoms with Crippen LogP contribution in [0.1, 0.15) is 278 Å². The van der Waals surface area contributed by atoms with Crippen molar-refractivity contribution in [2.75, 3.05) is 13.2 Å². The molecule has 452 valence electrons. The lowest BCUT2D eigenvalue weighted by atomic mass is 9.99. The van der Waals surface area contributed by atoms with Gasteiger partial charge in [0.25, 0.3) is 0 Å².